The minimum atomic E-state index is -0.417. The molecule has 2 aromatic heterocycles. The molecule has 1 amide bonds. The maximum absolute atomic E-state index is 13.5. The highest BCUT2D eigenvalue weighted by atomic mass is 19.1. The lowest BCUT2D eigenvalue weighted by Gasteiger charge is -2.37. The Morgan fingerprint density at radius 3 is 2.49 bits per heavy atom. The van der Waals surface area contributed by atoms with Gasteiger partial charge in [0.05, 0.1) is 17.6 Å². The van der Waals surface area contributed by atoms with Gasteiger partial charge in [-0.1, -0.05) is 24.3 Å². The van der Waals surface area contributed by atoms with Crippen molar-refractivity contribution in [3.63, 3.8) is 0 Å². The number of anilines is 2. The van der Waals surface area contributed by atoms with Crippen molar-refractivity contribution in [2.24, 2.45) is 0 Å². The molecule has 0 aliphatic carbocycles. The van der Waals surface area contributed by atoms with E-state index in [1.54, 1.807) is 17.2 Å². The smallest absolute Gasteiger partial charge is 0.412 e. The second kappa shape index (κ2) is 12.8. The minimum absolute atomic E-state index is 0.215. The number of hydrogen-bond acceptors (Lipinski definition) is 8. The van der Waals surface area contributed by atoms with Crippen molar-refractivity contribution < 1.29 is 18.7 Å². The van der Waals surface area contributed by atoms with Gasteiger partial charge in [-0.2, -0.15) is 4.98 Å². The van der Waals surface area contributed by atoms with Crippen molar-refractivity contribution in [2.45, 2.75) is 39.3 Å². The first-order valence-electron chi connectivity index (χ1n) is 14.0. The van der Waals surface area contributed by atoms with Crippen LogP contribution in [0.1, 0.15) is 32.3 Å². The van der Waals surface area contributed by atoms with E-state index in [-0.39, 0.29) is 18.7 Å². The molecule has 1 aliphatic rings. The van der Waals surface area contributed by atoms with Crippen LogP contribution >= 0.6 is 0 Å². The predicted molar refractivity (Wildman–Crippen MR) is 156 cm³/mol. The molecule has 11 heteroatoms. The molecule has 10 nitrogen and oxygen atoms in total. The van der Waals surface area contributed by atoms with E-state index in [1.165, 1.54) is 12.1 Å². The van der Waals surface area contributed by atoms with Crippen molar-refractivity contribution >= 4 is 29.0 Å². The fourth-order valence-electron chi connectivity index (χ4n) is 5.14. The zero-order chi connectivity index (χ0) is 28.8. The average molecular weight is 562 g/mol. The maximum Gasteiger partial charge on any atom is 0.412 e. The Bertz CT molecular complexity index is 1450. The summed E-state index contributed by atoms with van der Waals surface area (Å²) in [5.41, 5.74) is 3.02. The van der Waals surface area contributed by atoms with E-state index in [9.17, 15) is 9.18 Å². The molecule has 0 N–H and O–H groups in total. The monoisotopic (exact) mass is 561 g/mol. The molecule has 0 bridgehead atoms. The summed E-state index contributed by atoms with van der Waals surface area (Å²) in [6.07, 6.45) is 3.02. The van der Waals surface area contributed by atoms with E-state index in [2.05, 4.69) is 30.4 Å². The second-order valence-electron chi connectivity index (χ2n) is 9.98. The molecule has 0 radical (unpaired) electrons. The van der Waals surface area contributed by atoms with Crippen molar-refractivity contribution in [3.05, 3.63) is 72.2 Å². The van der Waals surface area contributed by atoms with Gasteiger partial charge in [-0.25, -0.2) is 19.2 Å². The van der Waals surface area contributed by atoms with E-state index in [1.807, 2.05) is 51.2 Å². The van der Waals surface area contributed by atoms with Crippen LogP contribution in [-0.2, 0) is 11.3 Å². The zero-order valence-electron chi connectivity index (χ0n) is 23.7. The quantitative estimate of drug-likeness (QED) is 0.252. The highest BCUT2D eigenvalue weighted by molar-refractivity contribution is 5.79. The number of carbonyl (C=O) groups excluding carboxylic acids is 1. The first-order chi connectivity index (χ1) is 20.0. The van der Waals surface area contributed by atoms with Crippen LogP contribution in [0.3, 0.4) is 0 Å². The topological polar surface area (TPSA) is 88.9 Å². The number of ether oxygens (including phenoxy) is 2. The van der Waals surface area contributed by atoms with E-state index < -0.39 is 6.09 Å². The molecule has 1 aliphatic heterocycles. The first-order valence-corrected chi connectivity index (χ1v) is 14.0. The lowest BCUT2D eigenvalue weighted by atomic mass is 10.0. The third kappa shape index (κ3) is 6.50. The summed E-state index contributed by atoms with van der Waals surface area (Å²) in [5, 5.41) is 0. The van der Waals surface area contributed by atoms with Gasteiger partial charge < -0.3 is 28.7 Å². The third-order valence-electron chi connectivity index (χ3n) is 7.53. The number of imidazole rings is 1. The van der Waals surface area contributed by atoms with Crippen LogP contribution in [0.25, 0.3) is 11.0 Å². The number of para-hydroxylation sites is 2. The number of fused-ring (bicyclic) bond motifs is 1. The minimum Gasteiger partial charge on any atom is -0.440 e. The molecule has 216 valence electrons. The van der Waals surface area contributed by atoms with Crippen LogP contribution in [0.2, 0.25) is 0 Å². The number of amides is 1. The average Bonchev–Trinajstić information content (AvgIpc) is 3.37. The van der Waals surface area contributed by atoms with Crippen LogP contribution < -0.4 is 14.5 Å². The van der Waals surface area contributed by atoms with Crippen LogP contribution in [0.5, 0.6) is 5.88 Å². The van der Waals surface area contributed by atoms with Gasteiger partial charge in [0.2, 0.25) is 24.6 Å². The number of hydrogen-bond donors (Lipinski definition) is 0. The van der Waals surface area contributed by atoms with E-state index in [0.717, 1.165) is 48.5 Å². The second-order valence-corrected chi connectivity index (χ2v) is 9.98. The molecule has 3 heterocycles. The normalized spacial score (nSPS) is 13.8. The van der Waals surface area contributed by atoms with Gasteiger partial charge in [0.1, 0.15) is 5.82 Å². The van der Waals surface area contributed by atoms with Gasteiger partial charge in [0.15, 0.2) is 0 Å². The Morgan fingerprint density at radius 2 is 1.76 bits per heavy atom. The molecule has 41 heavy (non-hydrogen) atoms. The highest BCUT2D eigenvalue weighted by Crippen LogP contribution is 2.28. The van der Waals surface area contributed by atoms with Crippen molar-refractivity contribution in [1.29, 1.82) is 0 Å². The number of nitrogens with zero attached hydrogens (tertiary/aromatic N) is 7. The number of aromatic nitrogens is 4. The molecule has 4 aromatic rings. The van der Waals surface area contributed by atoms with Crippen LogP contribution in [0.15, 0.2) is 60.8 Å². The summed E-state index contributed by atoms with van der Waals surface area (Å²) >= 11 is 0. The number of halogens is 1. The molecule has 2 aromatic carbocycles. The summed E-state index contributed by atoms with van der Waals surface area (Å²) < 4.78 is 26.5. The fraction of sp³-hybridized carbons (Fsp3) is 0.400. The van der Waals surface area contributed by atoms with Gasteiger partial charge in [0, 0.05) is 51.5 Å². The Kier molecular flexibility index (Phi) is 8.81. The number of piperidine rings is 1. The largest absolute Gasteiger partial charge is 0.440 e. The summed E-state index contributed by atoms with van der Waals surface area (Å²) in [7, 11) is 1.99. The molecule has 1 fully saturated rings. The number of carbonyl (C=O) groups is 1. The molecular weight excluding hydrogens is 525 g/mol. The Hall–Kier alpha value is -4.41. The number of rotatable bonds is 10. The summed E-state index contributed by atoms with van der Waals surface area (Å²) in [6, 6.07) is 16.6. The van der Waals surface area contributed by atoms with Gasteiger partial charge in [-0.15, -0.1) is 0 Å². The van der Waals surface area contributed by atoms with E-state index in [0.29, 0.717) is 31.5 Å². The predicted octanol–water partition coefficient (Wildman–Crippen LogP) is 4.93. The maximum atomic E-state index is 13.5. The summed E-state index contributed by atoms with van der Waals surface area (Å²) in [5.74, 6) is 1.58. The van der Waals surface area contributed by atoms with Crippen molar-refractivity contribution in [2.75, 3.05) is 49.8 Å². The molecule has 0 saturated carbocycles. The Labute approximate surface area is 239 Å². The zero-order valence-corrected chi connectivity index (χ0v) is 23.7. The number of benzene rings is 2. The highest BCUT2D eigenvalue weighted by Gasteiger charge is 2.27. The van der Waals surface area contributed by atoms with Crippen molar-refractivity contribution in [1.82, 2.24) is 24.4 Å². The summed E-state index contributed by atoms with van der Waals surface area (Å²) in [4.78, 5) is 32.0. The van der Waals surface area contributed by atoms with Crippen LogP contribution in [0.4, 0.5) is 21.1 Å². The fourth-order valence-corrected chi connectivity index (χ4v) is 5.14. The standard InChI is InChI=1S/C30H36FN7O3/c1-4-36(5-2)30(39)41-21-40-27-14-17-32-28(34-27)35(3)24-15-18-37(19-16-24)29-33-25-8-6-7-9-26(25)38(29)20-22-10-12-23(31)13-11-22/h6-14,17,24H,4-5,15-16,18-21H2,1-3H3. The van der Waals surface area contributed by atoms with E-state index in [4.69, 9.17) is 14.5 Å². The Balaban J connectivity index is 1.22. The van der Waals surface area contributed by atoms with Gasteiger partial charge in [-0.3, -0.25) is 0 Å². The van der Waals surface area contributed by atoms with Crippen LogP contribution in [-0.4, -0.2) is 76.6 Å². The molecule has 0 unspecified atom stereocenters. The Morgan fingerprint density at radius 1 is 1.02 bits per heavy atom. The van der Waals surface area contributed by atoms with Gasteiger partial charge >= 0.3 is 6.09 Å². The lowest BCUT2D eigenvalue weighted by molar-refractivity contribution is 0.0346. The SMILES string of the molecule is CCN(CC)C(=O)OCOc1ccnc(N(C)C2CCN(c3nc4ccccc4n3Cc3ccc(F)cc3)CC2)n1. The van der Waals surface area contributed by atoms with Crippen molar-refractivity contribution in [3.8, 4) is 5.88 Å². The summed E-state index contributed by atoms with van der Waals surface area (Å²) in [6.45, 7) is 6.97. The first kappa shape index (κ1) is 28.1. The molecule has 0 atom stereocenters. The van der Waals surface area contributed by atoms with Gasteiger partial charge in [0.25, 0.3) is 0 Å². The van der Waals surface area contributed by atoms with Gasteiger partial charge in [-0.05, 0) is 56.5 Å². The van der Waals surface area contributed by atoms with Crippen LogP contribution in [0, 0.1) is 5.82 Å². The van der Waals surface area contributed by atoms with E-state index >= 15 is 0 Å². The molecule has 5 rings (SSSR count). The molecular formula is C30H36FN7O3. The third-order valence-corrected chi connectivity index (χ3v) is 7.53. The lowest BCUT2D eigenvalue weighted by Crippen LogP contribution is -2.44. The molecule has 1 saturated heterocycles. The molecule has 0 spiro atoms.